The van der Waals surface area contributed by atoms with Crippen LogP contribution >= 0.6 is 0 Å². The zero-order chi connectivity index (χ0) is 12.3. The average molecular weight is 237 g/mol. The van der Waals surface area contributed by atoms with E-state index in [1.165, 1.54) is 19.3 Å². The van der Waals surface area contributed by atoms with Crippen LogP contribution < -0.4 is 15.8 Å². The Labute approximate surface area is 101 Å². The second kappa shape index (κ2) is 4.73. The topological polar surface area (TPSA) is 86.0 Å². The van der Waals surface area contributed by atoms with Crippen molar-refractivity contribution < 1.29 is 4.74 Å². The Morgan fingerprint density at radius 2 is 2.06 bits per heavy atom. The van der Waals surface area contributed by atoms with E-state index >= 15 is 0 Å². The SMILES string of the molecule is CCOc1nc(N)nc(NCC2(CC)CC2)n1. The van der Waals surface area contributed by atoms with Crippen molar-refractivity contribution in [3.63, 3.8) is 0 Å². The van der Waals surface area contributed by atoms with Crippen LogP contribution in [0.5, 0.6) is 6.01 Å². The molecule has 94 valence electrons. The first-order valence-electron chi connectivity index (χ1n) is 6.06. The van der Waals surface area contributed by atoms with Crippen LogP contribution in [0, 0.1) is 5.41 Å². The molecule has 0 unspecified atom stereocenters. The number of nitrogens with two attached hydrogens (primary N) is 1. The van der Waals surface area contributed by atoms with E-state index in [4.69, 9.17) is 10.5 Å². The highest BCUT2D eigenvalue weighted by atomic mass is 16.5. The van der Waals surface area contributed by atoms with Crippen LogP contribution in [0.15, 0.2) is 0 Å². The van der Waals surface area contributed by atoms with Crippen molar-refractivity contribution in [3.8, 4) is 6.01 Å². The molecule has 1 saturated carbocycles. The second-order valence-corrected chi connectivity index (χ2v) is 4.44. The Kier molecular flexibility index (Phi) is 3.31. The molecule has 2 rings (SSSR count). The second-order valence-electron chi connectivity index (χ2n) is 4.44. The number of rotatable bonds is 6. The molecular weight excluding hydrogens is 218 g/mol. The van der Waals surface area contributed by atoms with Crippen LogP contribution in [0.2, 0.25) is 0 Å². The maximum absolute atomic E-state index is 5.59. The number of aromatic nitrogens is 3. The summed E-state index contributed by atoms with van der Waals surface area (Å²) in [6.07, 6.45) is 3.73. The van der Waals surface area contributed by atoms with Gasteiger partial charge in [0.2, 0.25) is 11.9 Å². The Hall–Kier alpha value is -1.59. The minimum atomic E-state index is 0.187. The number of anilines is 2. The fourth-order valence-electron chi connectivity index (χ4n) is 1.74. The molecule has 0 atom stereocenters. The van der Waals surface area contributed by atoms with E-state index in [1.807, 2.05) is 6.92 Å². The van der Waals surface area contributed by atoms with Crippen molar-refractivity contribution in [2.24, 2.45) is 5.41 Å². The van der Waals surface area contributed by atoms with Gasteiger partial charge in [-0.15, -0.1) is 0 Å². The molecular formula is C11H19N5O. The highest BCUT2D eigenvalue weighted by molar-refractivity contribution is 5.33. The number of nitrogens with one attached hydrogen (secondary N) is 1. The quantitative estimate of drug-likeness (QED) is 0.779. The molecule has 0 aliphatic heterocycles. The van der Waals surface area contributed by atoms with Crippen LogP contribution in [0.1, 0.15) is 33.1 Å². The zero-order valence-electron chi connectivity index (χ0n) is 10.4. The highest BCUT2D eigenvalue weighted by Crippen LogP contribution is 2.48. The standard InChI is InChI=1S/C11H19N5O/c1-3-11(5-6-11)7-13-9-14-8(12)15-10(16-9)17-4-2/h3-7H2,1-2H3,(H3,12,13,14,15,16). The Morgan fingerprint density at radius 3 is 2.65 bits per heavy atom. The molecule has 1 fully saturated rings. The largest absolute Gasteiger partial charge is 0.464 e. The summed E-state index contributed by atoms with van der Waals surface area (Å²) in [7, 11) is 0. The number of hydrogen-bond acceptors (Lipinski definition) is 6. The molecule has 1 heterocycles. The van der Waals surface area contributed by atoms with Crippen molar-refractivity contribution in [2.45, 2.75) is 33.1 Å². The molecule has 0 radical (unpaired) electrons. The number of ether oxygens (including phenoxy) is 1. The first-order chi connectivity index (χ1) is 8.17. The summed E-state index contributed by atoms with van der Waals surface area (Å²) in [4.78, 5) is 12.1. The third-order valence-corrected chi connectivity index (χ3v) is 3.23. The molecule has 6 heteroatoms. The summed E-state index contributed by atoms with van der Waals surface area (Å²) >= 11 is 0. The molecule has 0 saturated heterocycles. The van der Waals surface area contributed by atoms with Gasteiger partial charge in [-0.05, 0) is 31.6 Å². The molecule has 6 nitrogen and oxygen atoms in total. The van der Waals surface area contributed by atoms with Crippen molar-refractivity contribution in [2.75, 3.05) is 24.2 Å². The fraction of sp³-hybridized carbons (Fsp3) is 0.727. The zero-order valence-corrected chi connectivity index (χ0v) is 10.4. The predicted octanol–water partition coefficient (Wildman–Crippen LogP) is 1.45. The van der Waals surface area contributed by atoms with Gasteiger partial charge >= 0.3 is 6.01 Å². The van der Waals surface area contributed by atoms with E-state index in [0.717, 1.165) is 6.54 Å². The van der Waals surface area contributed by atoms with Gasteiger partial charge in [-0.1, -0.05) is 6.92 Å². The Balaban J connectivity index is 2.00. The third kappa shape index (κ3) is 2.95. The van der Waals surface area contributed by atoms with E-state index in [2.05, 4.69) is 27.2 Å². The van der Waals surface area contributed by atoms with Gasteiger partial charge in [-0.2, -0.15) is 15.0 Å². The lowest BCUT2D eigenvalue weighted by Crippen LogP contribution is -2.17. The van der Waals surface area contributed by atoms with Crippen LogP contribution in [0.3, 0.4) is 0 Å². The third-order valence-electron chi connectivity index (χ3n) is 3.23. The maximum atomic E-state index is 5.59. The van der Waals surface area contributed by atoms with Crippen molar-refractivity contribution >= 4 is 11.9 Å². The van der Waals surface area contributed by atoms with Crippen LogP contribution in [0.25, 0.3) is 0 Å². The van der Waals surface area contributed by atoms with Gasteiger partial charge in [0.1, 0.15) is 0 Å². The molecule has 0 spiro atoms. The predicted molar refractivity (Wildman–Crippen MR) is 65.9 cm³/mol. The number of hydrogen-bond donors (Lipinski definition) is 2. The van der Waals surface area contributed by atoms with Crippen molar-refractivity contribution in [1.82, 2.24) is 15.0 Å². The molecule has 1 aliphatic carbocycles. The van der Waals surface area contributed by atoms with Gasteiger partial charge in [0.05, 0.1) is 6.61 Å². The average Bonchev–Trinajstić information content (AvgIpc) is 3.07. The smallest absolute Gasteiger partial charge is 0.323 e. The van der Waals surface area contributed by atoms with Crippen molar-refractivity contribution in [3.05, 3.63) is 0 Å². The Bertz CT molecular complexity index is 391. The fourth-order valence-corrected chi connectivity index (χ4v) is 1.74. The normalized spacial score (nSPS) is 16.6. The molecule has 0 bridgehead atoms. The first-order valence-corrected chi connectivity index (χ1v) is 6.06. The minimum Gasteiger partial charge on any atom is -0.464 e. The Morgan fingerprint density at radius 1 is 1.29 bits per heavy atom. The molecule has 1 aromatic heterocycles. The van der Waals surface area contributed by atoms with Gasteiger partial charge in [0.15, 0.2) is 0 Å². The molecule has 17 heavy (non-hydrogen) atoms. The summed E-state index contributed by atoms with van der Waals surface area (Å²) < 4.78 is 5.22. The lowest BCUT2D eigenvalue weighted by atomic mass is 10.0. The minimum absolute atomic E-state index is 0.187. The lowest BCUT2D eigenvalue weighted by molar-refractivity contribution is 0.312. The van der Waals surface area contributed by atoms with Gasteiger partial charge in [-0.25, -0.2) is 0 Å². The van der Waals surface area contributed by atoms with Crippen LogP contribution in [-0.4, -0.2) is 28.1 Å². The van der Waals surface area contributed by atoms with Gasteiger partial charge in [-0.3, -0.25) is 0 Å². The van der Waals surface area contributed by atoms with E-state index < -0.39 is 0 Å². The summed E-state index contributed by atoms with van der Waals surface area (Å²) in [5.41, 5.74) is 6.03. The van der Waals surface area contributed by atoms with E-state index in [0.29, 0.717) is 18.0 Å². The molecule has 3 N–H and O–H groups in total. The lowest BCUT2D eigenvalue weighted by Gasteiger charge is -2.13. The molecule has 0 aromatic carbocycles. The summed E-state index contributed by atoms with van der Waals surface area (Å²) in [5.74, 6) is 0.688. The van der Waals surface area contributed by atoms with Crippen molar-refractivity contribution in [1.29, 1.82) is 0 Å². The molecule has 1 aliphatic rings. The van der Waals surface area contributed by atoms with Gasteiger partial charge in [0.25, 0.3) is 0 Å². The van der Waals surface area contributed by atoms with Crippen LogP contribution in [0.4, 0.5) is 11.9 Å². The number of nitrogen functional groups attached to an aromatic ring is 1. The number of nitrogens with zero attached hydrogens (tertiary/aromatic N) is 3. The first kappa shape index (κ1) is 11.9. The summed E-state index contributed by atoms with van der Waals surface area (Å²) in [6.45, 7) is 5.49. The summed E-state index contributed by atoms with van der Waals surface area (Å²) in [5, 5.41) is 3.22. The van der Waals surface area contributed by atoms with E-state index in [9.17, 15) is 0 Å². The van der Waals surface area contributed by atoms with Crippen LogP contribution in [-0.2, 0) is 0 Å². The molecule has 1 aromatic rings. The highest BCUT2D eigenvalue weighted by Gasteiger charge is 2.40. The van der Waals surface area contributed by atoms with E-state index in [-0.39, 0.29) is 12.0 Å². The van der Waals surface area contributed by atoms with Gasteiger partial charge < -0.3 is 15.8 Å². The van der Waals surface area contributed by atoms with E-state index in [1.54, 1.807) is 0 Å². The monoisotopic (exact) mass is 237 g/mol. The van der Waals surface area contributed by atoms with Gasteiger partial charge in [0, 0.05) is 6.54 Å². The summed E-state index contributed by atoms with van der Waals surface area (Å²) in [6, 6.07) is 0.281. The molecule has 0 amide bonds. The maximum Gasteiger partial charge on any atom is 0.323 e.